The predicted octanol–water partition coefficient (Wildman–Crippen LogP) is 5.88. The number of nitrogens with zero attached hydrogens (tertiary/aromatic N) is 4. The quantitative estimate of drug-likeness (QED) is 0.287. The molecular weight excluding hydrogens is 537 g/mol. The van der Waals surface area contributed by atoms with Crippen LogP contribution in [-0.4, -0.2) is 51.3 Å². The minimum Gasteiger partial charge on any atom is -0.482 e. The molecular formula is C24H23Cl2F4N5O2. The Balaban J connectivity index is 1.45. The minimum absolute atomic E-state index is 0.0271. The Morgan fingerprint density at radius 3 is 2.59 bits per heavy atom. The molecule has 13 heteroatoms. The smallest absolute Gasteiger partial charge is 0.451 e. The molecule has 0 amide bonds. The maximum absolute atomic E-state index is 13.9. The molecule has 3 aromatic rings. The number of alkyl halides is 3. The molecule has 1 saturated heterocycles. The number of pyridine rings is 1. The number of benzene rings is 1. The summed E-state index contributed by atoms with van der Waals surface area (Å²) in [5.74, 6) is -2.00. The van der Waals surface area contributed by atoms with Gasteiger partial charge in [0.2, 0.25) is 5.78 Å². The van der Waals surface area contributed by atoms with Gasteiger partial charge >= 0.3 is 6.18 Å². The second-order valence-corrected chi connectivity index (χ2v) is 9.55. The highest BCUT2D eigenvalue weighted by Crippen LogP contribution is 2.37. The lowest BCUT2D eigenvalue weighted by atomic mass is 10.0. The van der Waals surface area contributed by atoms with Gasteiger partial charge in [-0.25, -0.2) is 9.37 Å². The van der Waals surface area contributed by atoms with Crippen molar-refractivity contribution in [1.82, 2.24) is 19.7 Å². The molecule has 0 bridgehead atoms. The molecule has 2 N–H and O–H groups in total. The van der Waals surface area contributed by atoms with Crippen LogP contribution in [0.5, 0.6) is 5.75 Å². The number of piperidine rings is 1. The highest BCUT2D eigenvalue weighted by atomic mass is 35.5. The van der Waals surface area contributed by atoms with Crippen LogP contribution in [0, 0.1) is 5.82 Å². The number of Topliss-reactive ketones (excluding diaryl/α,β-unsaturated/α-hetero) is 1. The summed E-state index contributed by atoms with van der Waals surface area (Å²) in [7, 11) is 0. The summed E-state index contributed by atoms with van der Waals surface area (Å²) in [5.41, 5.74) is 7.67. The predicted molar refractivity (Wildman–Crippen MR) is 131 cm³/mol. The van der Waals surface area contributed by atoms with Crippen LogP contribution in [0.25, 0.3) is 11.1 Å². The number of anilines is 1. The van der Waals surface area contributed by atoms with Crippen LogP contribution in [-0.2, 0) is 4.79 Å². The second kappa shape index (κ2) is 10.8. The first-order valence-corrected chi connectivity index (χ1v) is 12.1. The lowest BCUT2D eigenvalue weighted by molar-refractivity contribution is -0.172. The van der Waals surface area contributed by atoms with Gasteiger partial charge in [0, 0.05) is 47.2 Å². The van der Waals surface area contributed by atoms with E-state index < -0.39 is 30.4 Å². The zero-order valence-corrected chi connectivity index (χ0v) is 21.1. The summed E-state index contributed by atoms with van der Waals surface area (Å²) < 4.78 is 59.2. The van der Waals surface area contributed by atoms with E-state index in [0.717, 1.165) is 5.56 Å². The average Bonchev–Trinajstić information content (AvgIpc) is 3.33. The molecule has 0 saturated carbocycles. The molecule has 7 nitrogen and oxygen atoms in total. The lowest BCUT2D eigenvalue weighted by Gasteiger charge is -2.31. The van der Waals surface area contributed by atoms with E-state index >= 15 is 0 Å². The molecule has 1 aromatic carbocycles. The van der Waals surface area contributed by atoms with Gasteiger partial charge < -0.3 is 10.5 Å². The van der Waals surface area contributed by atoms with Crippen LogP contribution in [0.1, 0.15) is 37.5 Å². The number of nitrogens with two attached hydrogens (primary N) is 1. The number of aromatic nitrogens is 3. The fourth-order valence-electron chi connectivity index (χ4n) is 4.19. The molecule has 4 rings (SSSR count). The molecule has 0 spiro atoms. The average molecular weight is 560 g/mol. The summed E-state index contributed by atoms with van der Waals surface area (Å²) >= 11 is 12.3. The SMILES string of the molecule is C[C@@H](Oc1cc(-c2cnn(C3CCN(CC(=O)C(F)(F)F)CC3)c2)cnc1N)c1c(Cl)ccc(F)c1Cl. The van der Waals surface area contributed by atoms with Gasteiger partial charge in [0.05, 0.1) is 23.8 Å². The van der Waals surface area contributed by atoms with Crippen LogP contribution in [0.3, 0.4) is 0 Å². The van der Waals surface area contributed by atoms with Crippen LogP contribution >= 0.6 is 23.2 Å². The maximum atomic E-state index is 13.9. The van der Waals surface area contributed by atoms with Gasteiger partial charge in [-0.2, -0.15) is 18.3 Å². The maximum Gasteiger partial charge on any atom is 0.451 e. The normalized spacial score (nSPS) is 16.1. The van der Waals surface area contributed by atoms with Crippen LogP contribution in [0.2, 0.25) is 10.0 Å². The third-order valence-electron chi connectivity index (χ3n) is 6.22. The van der Waals surface area contributed by atoms with Gasteiger partial charge in [0.1, 0.15) is 11.9 Å². The molecule has 198 valence electrons. The standard InChI is InChI=1S/C24H23Cl2F4N5O2/c1-13(21-17(25)2-3-18(27)22(21)26)37-19-8-14(9-32-23(19)31)15-10-33-35(11-15)16-4-6-34(7-5-16)12-20(36)24(28,29)30/h2-3,8-11,13,16H,4-7,12H2,1H3,(H2,31,32)/t13-/m1/s1. The van der Waals surface area contributed by atoms with Crippen molar-refractivity contribution in [2.24, 2.45) is 0 Å². The lowest BCUT2D eigenvalue weighted by Crippen LogP contribution is -2.41. The monoisotopic (exact) mass is 559 g/mol. The summed E-state index contributed by atoms with van der Waals surface area (Å²) in [6.45, 7) is 1.73. The van der Waals surface area contributed by atoms with E-state index in [0.29, 0.717) is 31.5 Å². The van der Waals surface area contributed by atoms with Gasteiger partial charge in [0.25, 0.3) is 0 Å². The van der Waals surface area contributed by atoms with Crippen molar-refractivity contribution in [3.8, 4) is 16.9 Å². The van der Waals surface area contributed by atoms with E-state index in [2.05, 4.69) is 10.1 Å². The zero-order chi connectivity index (χ0) is 26.9. The van der Waals surface area contributed by atoms with Gasteiger partial charge in [-0.1, -0.05) is 23.2 Å². The highest BCUT2D eigenvalue weighted by Gasteiger charge is 2.39. The molecule has 1 aliphatic rings. The van der Waals surface area contributed by atoms with E-state index in [-0.39, 0.29) is 33.2 Å². The molecule has 1 atom stereocenters. The number of hydrogen-bond acceptors (Lipinski definition) is 6. The Hall–Kier alpha value is -2.89. The van der Waals surface area contributed by atoms with Crippen molar-refractivity contribution in [2.45, 2.75) is 38.1 Å². The van der Waals surface area contributed by atoms with E-state index in [9.17, 15) is 22.4 Å². The first-order chi connectivity index (χ1) is 17.4. The summed E-state index contributed by atoms with van der Waals surface area (Å²) in [6, 6.07) is 4.21. The summed E-state index contributed by atoms with van der Waals surface area (Å²) in [5, 5.41) is 4.52. The summed E-state index contributed by atoms with van der Waals surface area (Å²) in [4.78, 5) is 16.9. The molecule has 2 aromatic heterocycles. The summed E-state index contributed by atoms with van der Waals surface area (Å²) in [6.07, 6.45) is 0.550. The van der Waals surface area contributed by atoms with Crippen LogP contribution < -0.4 is 10.5 Å². The minimum atomic E-state index is -4.82. The zero-order valence-electron chi connectivity index (χ0n) is 19.6. The molecule has 3 heterocycles. The van der Waals surface area contributed by atoms with Crippen molar-refractivity contribution in [3.63, 3.8) is 0 Å². The third kappa shape index (κ3) is 6.16. The molecule has 0 radical (unpaired) electrons. The van der Waals surface area contributed by atoms with Crippen molar-refractivity contribution in [1.29, 1.82) is 0 Å². The fraction of sp³-hybridized carbons (Fsp3) is 0.375. The molecule has 0 aliphatic carbocycles. The number of rotatable bonds is 7. The van der Waals surface area contributed by atoms with Crippen molar-refractivity contribution in [3.05, 3.63) is 58.2 Å². The number of likely N-dealkylation sites (tertiary alicyclic amines) is 1. The molecule has 1 fully saturated rings. The third-order valence-corrected chi connectivity index (χ3v) is 6.93. The molecule has 37 heavy (non-hydrogen) atoms. The first-order valence-electron chi connectivity index (χ1n) is 11.4. The second-order valence-electron chi connectivity index (χ2n) is 8.76. The van der Waals surface area contributed by atoms with Crippen LogP contribution in [0.15, 0.2) is 36.8 Å². The fourth-order valence-corrected chi connectivity index (χ4v) is 4.87. The number of ether oxygens (including phenoxy) is 1. The number of hydrogen-bond donors (Lipinski definition) is 1. The topological polar surface area (TPSA) is 86.3 Å². The number of nitrogen functional groups attached to an aromatic ring is 1. The van der Waals surface area contributed by atoms with Crippen molar-refractivity contribution in [2.75, 3.05) is 25.4 Å². The largest absolute Gasteiger partial charge is 0.482 e. The van der Waals surface area contributed by atoms with Gasteiger partial charge in [-0.05, 0) is 38.0 Å². The van der Waals surface area contributed by atoms with E-state index in [1.807, 2.05) is 6.20 Å². The van der Waals surface area contributed by atoms with Crippen molar-refractivity contribution < 1.29 is 27.1 Å². The number of ketones is 1. The van der Waals surface area contributed by atoms with Gasteiger partial charge in [-0.15, -0.1) is 0 Å². The van der Waals surface area contributed by atoms with E-state index in [1.54, 1.807) is 30.1 Å². The Labute approximate surface area is 220 Å². The molecule has 0 unspecified atom stereocenters. The Kier molecular flexibility index (Phi) is 7.96. The van der Waals surface area contributed by atoms with Crippen molar-refractivity contribution >= 4 is 34.8 Å². The Morgan fingerprint density at radius 2 is 1.92 bits per heavy atom. The Bertz CT molecular complexity index is 1290. The van der Waals surface area contributed by atoms with E-state index in [4.69, 9.17) is 33.7 Å². The van der Waals surface area contributed by atoms with Gasteiger partial charge in [-0.3, -0.25) is 14.4 Å². The van der Waals surface area contributed by atoms with E-state index in [1.165, 1.54) is 17.0 Å². The number of carbonyl (C=O) groups is 1. The first kappa shape index (κ1) is 27.2. The van der Waals surface area contributed by atoms with Crippen LogP contribution in [0.4, 0.5) is 23.4 Å². The highest BCUT2D eigenvalue weighted by molar-refractivity contribution is 6.36. The number of halogens is 6. The molecule has 1 aliphatic heterocycles. The van der Waals surface area contributed by atoms with Gasteiger partial charge in [0.15, 0.2) is 11.6 Å². The Morgan fingerprint density at radius 1 is 1.22 bits per heavy atom. The number of carbonyl (C=O) groups excluding carboxylic acids is 1.